The predicted molar refractivity (Wildman–Crippen MR) is 148 cm³/mol. The van der Waals surface area contributed by atoms with Crippen molar-refractivity contribution in [3.05, 3.63) is 90.3 Å². The maximum absolute atomic E-state index is 12.6. The maximum atomic E-state index is 12.6. The maximum Gasteiger partial charge on any atom is 0.264 e. The molecule has 1 heterocycles. The molecule has 0 aromatic heterocycles. The summed E-state index contributed by atoms with van der Waals surface area (Å²) in [7, 11) is 0. The molecule has 1 N–H and O–H groups in total. The van der Waals surface area contributed by atoms with Crippen molar-refractivity contribution >= 4 is 80.4 Å². The Labute approximate surface area is 225 Å². The number of amides is 1. The first-order valence-electron chi connectivity index (χ1n) is 10.3. The quantitative estimate of drug-likeness (QED) is 0.219. The van der Waals surface area contributed by atoms with Crippen molar-refractivity contribution in [1.29, 1.82) is 0 Å². The van der Waals surface area contributed by atoms with Crippen molar-refractivity contribution in [1.82, 2.24) is 5.32 Å². The van der Waals surface area contributed by atoms with Crippen LogP contribution < -0.4 is 14.8 Å². The lowest BCUT2D eigenvalue weighted by atomic mass is 10.2. The number of nitrogens with one attached hydrogen (secondary N) is 1. The zero-order valence-electron chi connectivity index (χ0n) is 18.0. The van der Waals surface area contributed by atoms with Gasteiger partial charge < -0.3 is 14.8 Å². The molecule has 0 aliphatic carbocycles. The van der Waals surface area contributed by atoms with Crippen LogP contribution in [0, 0.1) is 3.57 Å². The van der Waals surface area contributed by atoms with Crippen LogP contribution in [0.2, 0.25) is 10.0 Å². The van der Waals surface area contributed by atoms with Crippen LogP contribution in [-0.2, 0) is 11.4 Å². The second kappa shape index (κ2) is 11.5. The second-order valence-electron chi connectivity index (χ2n) is 7.09. The number of aliphatic imine (C=N–C) groups is 1. The Morgan fingerprint density at radius 1 is 1.09 bits per heavy atom. The molecule has 0 spiro atoms. The third kappa shape index (κ3) is 6.07. The van der Waals surface area contributed by atoms with Crippen molar-refractivity contribution in [3.63, 3.8) is 0 Å². The Morgan fingerprint density at radius 3 is 2.65 bits per heavy atom. The average Bonchev–Trinajstić information content (AvgIpc) is 3.15. The van der Waals surface area contributed by atoms with Gasteiger partial charge in [-0.25, -0.2) is 4.99 Å². The lowest BCUT2D eigenvalue weighted by molar-refractivity contribution is -0.115. The van der Waals surface area contributed by atoms with E-state index in [2.05, 4.69) is 32.9 Å². The highest BCUT2D eigenvalue weighted by Crippen LogP contribution is 2.38. The minimum Gasteiger partial charge on any atom is -0.490 e. The Morgan fingerprint density at radius 2 is 1.88 bits per heavy atom. The van der Waals surface area contributed by atoms with Crippen LogP contribution in [0.1, 0.15) is 18.1 Å². The first-order chi connectivity index (χ1) is 16.4. The third-order valence-electron chi connectivity index (χ3n) is 4.66. The molecular formula is C25H19Cl2IN2O3S. The molecule has 4 rings (SSSR count). The number of halogens is 3. The van der Waals surface area contributed by atoms with Crippen molar-refractivity contribution in [2.45, 2.75) is 13.5 Å². The Hall–Kier alpha value is -2.20. The van der Waals surface area contributed by atoms with Gasteiger partial charge >= 0.3 is 0 Å². The summed E-state index contributed by atoms with van der Waals surface area (Å²) in [6.07, 6.45) is 1.80. The Bertz CT molecular complexity index is 1280. The minimum atomic E-state index is -0.237. The topological polar surface area (TPSA) is 59.9 Å². The summed E-state index contributed by atoms with van der Waals surface area (Å²) in [4.78, 5) is 17.5. The number of hydrogen-bond acceptors (Lipinski definition) is 5. The fourth-order valence-electron chi connectivity index (χ4n) is 3.12. The Kier molecular flexibility index (Phi) is 8.41. The van der Waals surface area contributed by atoms with E-state index in [0.717, 1.165) is 14.7 Å². The molecule has 0 bridgehead atoms. The fraction of sp³-hybridized carbons (Fsp3) is 0.120. The predicted octanol–water partition coefficient (Wildman–Crippen LogP) is 7.47. The number of nitrogens with zero attached hydrogens (tertiary/aromatic N) is 1. The number of amidine groups is 1. The van der Waals surface area contributed by atoms with Crippen LogP contribution in [0.15, 0.2) is 70.6 Å². The van der Waals surface area contributed by atoms with Gasteiger partial charge in [0.2, 0.25) is 0 Å². The summed E-state index contributed by atoms with van der Waals surface area (Å²) in [6.45, 7) is 2.84. The molecule has 0 atom stereocenters. The monoisotopic (exact) mass is 624 g/mol. The molecule has 1 saturated heterocycles. The van der Waals surface area contributed by atoms with Crippen LogP contribution >= 0.6 is 57.6 Å². The molecule has 174 valence electrons. The van der Waals surface area contributed by atoms with Gasteiger partial charge in [-0.2, -0.15) is 0 Å². The smallest absolute Gasteiger partial charge is 0.264 e. The molecule has 1 fully saturated rings. The highest BCUT2D eigenvalue weighted by atomic mass is 127. The number of carbonyl (C=O) groups is 1. The van der Waals surface area contributed by atoms with E-state index in [1.165, 1.54) is 11.8 Å². The molecular weight excluding hydrogens is 606 g/mol. The average molecular weight is 625 g/mol. The highest BCUT2D eigenvalue weighted by molar-refractivity contribution is 14.1. The summed E-state index contributed by atoms with van der Waals surface area (Å²) in [5.74, 6) is 1.06. The Balaban J connectivity index is 1.57. The van der Waals surface area contributed by atoms with Crippen LogP contribution in [0.4, 0.5) is 5.69 Å². The highest BCUT2D eigenvalue weighted by Gasteiger charge is 2.25. The number of rotatable bonds is 7. The van der Waals surface area contributed by atoms with Crippen LogP contribution in [-0.4, -0.2) is 17.7 Å². The zero-order chi connectivity index (χ0) is 24.1. The van der Waals surface area contributed by atoms with Gasteiger partial charge in [0.25, 0.3) is 5.91 Å². The summed E-state index contributed by atoms with van der Waals surface area (Å²) < 4.78 is 12.8. The van der Waals surface area contributed by atoms with Gasteiger partial charge in [-0.1, -0.05) is 59.6 Å². The summed E-state index contributed by atoms with van der Waals surface area (Å²) in [6, 6.07) is 18.9. The van der Waals surface area contributed by atoms with Crippen molar-refractivity contribution in [3.8, 4) is 11.5 Å². The molecule has 1 amide bonds. The molecule has 3 aromatic carbocycles. The summed E-state index contributed by atoms with van der Waals surface area (Å²) in [5.41, 5.74) is 2.38. The van der Waals surface area contributed by atoms with E-state index in [9.17, 15) is 4.79 Å². The van der Waals surface area contributed by atoms with Gasteiger partial charge in [0, 0.05) is 0 Å². The summed E-state index contributed by atoms with van der Waals surface area (Å²) >= 11 is 15.7. The molecule has 3 aromatic rings. The molecule has 1 aliphatic heterocycles. The van der Waals surface area contributed by atoms with E-state index in [0.29, 0.717) is 50.5 Å². The van der Waals surface area contributed by atoms with Crippen molar-refractivity contribution in [2.24, 2.45) is 4.99 Å². The van der Waals surface area contributed by atoms with Gasteiger partial charge in [0.15, 0.2) is 16.7 Å². The minimum absolute atomic E-state index is 0.237. The van der Waals surface area contributed by atoms with Crippen LogP contribution in [0.5, 0.6) is 11.5 Å². The lowest BCUT2D eigenvalue weighted by Crippen LogP contribution is -2.19. The molecule has 0 radical (unpaired) electrons. The number of carbonyl (C=O) groups excluding carboxylic acids is 1. The van der Waals surface area contributed by atoms with Gasteiger partial charge in [-0.15, -0.1) is 0 Å². The van der Waals surface area contributed by atoms with E-state index in [1.54, 1.807) is 24.3 Å². The molecule has 0 unspecified atom stereocenters. The van der Waals surface area contributed by atoms with E-state index >= 15 is 0 Å². The fourth-order valence-corrected chi connectivity index (χ4v) is 5.08. The van der Waals surface area contributed by atoms with Gasteiger partial charge in [-0.05, 0) is 82.7 Å². The standard InChI is InChI=1S/C25H19Cl2IN2O3S/c1-2-32-20-12-16(11-18(28)23(20)33-14-15-7-4-3-5-8-15)13-21-24(31)30-25(34-21)29-19-10-6-9-17(26)22(19)27/h3-13H,2,14H2,1H3,(H,29,30,31)/b21-13+. The number of ether oxygens (including phenoxy) is 2. The largest absolute Gasteiger partial charge is 0.490 e. The SMILES string of the molecule is CCOc1cc(/C=C2/SC(=Nc3cccc(Cl)c3Cl)NC2=O)cc(I)c1OCc1ccccc1. The number of hydrogen-bond donors (Lipinski definition) is 1. The van der Waals surface area contributed by atoms with E-state index in [1.807, 2.05) is 49.4 Å². The third-order valence-corrected chi connectivity index (χ3v) is 7.18. The van der Waals surface area contributed by atoms with E-state index in [4.69, 9.17) is 32.7 Å². The van der Waals surface area contributed by atoms with Crippen molar-refractivity contribution < 1.29 is 14.3 Å². The molecule has 1 aliphatic rings. The first-order valence-corrected chi connectivity index (χ1v) is 13.0. The molecule has 9 heteroatoms. The van der Waals surface area contributed by atoms with E-state index in [-0.39, 0.29) is 5.91 Å². The van der Waals surface area contributed by atoms with Crippen molar-refractivity contribution in [2.75, 3.05) is 6.61 Å². The molecule has 34 heavy (non-hydrogen) atoms. The molecule has 5 nitrogen and oxygen atoms in total. The molecule has 0 saturated carbocycles. The lowest BCUT2D eigenvalue weighted by Gasteiger charge is -2.15. The summed E-state index contributed by atoms with van der Waals surface area (Å²) in [5, 5.41) is 3.95. The van der Waals surface area contributed by atoms with Crippen LogP contribution in [0.25, 0.3) is 6.08 Å². The zero-order valence-corrected chi connectivity index (χ0v) is 22.5. The van der Waals surface area contributed by atoms with Gasteiger partial charge in [0.05, 0.1) is 30.8 Å². The van der Waals surface area contributed by atoms with E-state index < -0.39 is 0 Å². The number of benzene rings is 3. The second-order valence-corrected chi connectivity index (χ2v) is 10.1. The van der Waals surface area contributed by atoms with Crippen LogP contribution in [0.3, 0.4) is 0 Å². The number of thioether (sulfide) groups is 1. The van der Waals surface area contributed by atoms with Gasteiger partial charge in [0.1, 0.15) is 6.61 Å². The van der Waals surface area contributed by atoms with Gasteiger partial charge in [-0.3, -0.25) is 4.79 Å². The first kappa shape index (κ1) is 24.9. The normalized spacial score (nSPS) is 15.6.